The summed E-state index contributed by atoms with van der Waals surface area (Å²) in [5.74, 6) is 0. The van der Waals surface area contributed by atoms with Crippen molar-refractivity contribution >= 4 is 41.3 Å². The van der Waals surface area contributed by atoms with E-state index in [0.29, 0.717) is 6.61 Å². The molecule has 0 radical (unpaired) electrons. The first-order valence-corrected chi connectivity index (χ1v) is 12.5. The van der Waals surface area contributed by atoms with Crippen molar-refractivity contribution in [2.45, 2.75) is 44.1 Å². The van der Waals surface area contributed by atoms with E-state index < -0.39 is 14.4 Å². The second kappa shape index (κ2) is 8.10. The largest absolute Gasteiger partial charge is 0.399 e. The molecule has 1 saturated heterocycles. The van der Waals surface area contributed by atoms with Crippen LogP contribution in [-0.4, -0.2) is 42.8 Å². The number of ether oxygens (including phenoxy) is 1. The summed E-state index contributed by atoms with van der Waals surface area (Å²) in [5.41, 5.74) is 0. The lowest BCUT2D eigenvalue weighted by atomic mass is 10.2. The second-order valence-electron chi connectivity index (χ2n) is 7.84. The molecule has 2 aromatic carbocycles. The van der Waals surface area contributed by atoms with Crippen molar-refractivity contribution in [3.05, 3.63) is 60.7 Å². The molecule has 0 saturated carbocycles. The first-order chi connectivity index (χ1) is 12.4. The number of hydrogen-bond donors (Lipinski definition) is 1. The molecule has 1 N–H and O–H groups in total. The van der Waals surface area contributed by atoms with Crippen LogP contribution < -0.4 is 10.4 Å². The fourth-order valence-corrected chi connectivity index (χ4v) is 9.33. The van der Waals surface area contributed by atoms with Crippen molar-refractivity contribution in [2.75, 3.05) is 11.0 Å². The Kier molecular flexibility index (Phi) is 6.24. The predicted octanol–water partition coefficient (Wildman–Crippen LogP) is 3.13. The summed E-state index contributed by atoms with van der Waals surface area (Å²) in [6.45, 7) is 7.10. The number of aliphatic hydroxyl groups excluding tert-OH is 1. The molecule has 3 rings (SSSR count). The summed E-state index contributed by atoms with van der Waals surface area (Å²) >= 11 is 2.32. The summed E-state index contributed by atoms with van der Waals surface area (Å²) in [5, 5.41) is 12.9. The summed E-state index contributed by atoms with van der Waals surface area (Å²) in [6.07, 6.45) is -0.970. The Morgan fingerprint density at radius 2 is 1.54 bits per heavy atom. The van der Waals surface area contributed by atoms with Gasteiger partial charge >= 0.3 is 0 Å². The van der Waals surface area contributed by atoms with Crippen LogP contribution in [0.25, 0.3) is 0 Å². The van der Waals surface area contributed by atoms with Crippen molar-refractivity contribution in [2.24, 2.45) is 0 Å². The van der Waals surface area contributed by atoms with Crippen LogP contribution in [0.2, 0.25) is 5.04 Å². The maximum absolute atomic E-state index is 10.6. The second-order valence-corrected chi connectivity index (χ2v) is 13.0. The van der Waals surface area contributed by atoms with E-state index >= 15 is 0 Å². The van der Waals surface area contributed by atoms with Gasteiger partial charge in [-0.25, -0.2) is 0 Å². The Morgan fingerprint density at radius 1 is 1.04 bits per heavy atom. The molecule has 0 aromatic heterocycles. The normalized spacial score (nSPS) is 24.0. The van der Waals surface area contributed by atoms with Gasteiger partial charge in [0.1, 0.15) is 12.2 Å². The third kappa shape index (κ3) is 3.64. The highest BCUT2D eigenvalue weighted by atomic mass is 127. The van der Waals surface area contributed by atoms with Gasteiger partial charge in [-0.1, -0.05) is 104 Å². The van der Waals surface area contributed by atoms with Gasteiger partial charge in [-0.3, -0.25) is 0 Å². The molecule has 3 nitrogen and oxygen atoms in total. The maximum atomic E-state index is 10.6. The monoisotopic (exact) mass is 482 g/mol. The first kappa shape index (κ1) is 20.0. The number of hydrogen-bond acceptors (Lipinski definition) is 3. The van der Waals surface area contributed by atoms with Gasteiger partial charge in [0.15, 0.2) is 0 Å². The molecule has 140 valence electrons. The molecule has 26 heavy (non-hydrogen) atoms. The smallest absolute Gasteiger partial charge is 0.261 e. The third-order valence-electron chi connectivity index (χ3n) is 5.11. The molecule has 0 bridgehead atoms. The van der Waals surface area contributed by atoms with Gasteiger partial charge in [-0.15, -0.1) is 0 Å². The summed E-state index contributed by atoms with van der Waals surface area (Å²) < 4.78 is 13.6. The molecule has 0 amide bonds. The number of rotatable bonds is 5. The molecule has 1 aliphatic heterocycles. The van der Waals surface area contributed by atoms with Gasteiger partial charge in [0.2, 0.25) is 0 Å². The highest BCUT2D eigenvalue weighted by Crippen LogP contribution is 2.39. The van der Waals surface area contributed by atoms with Crippen molar-refractivity contribution in [3.8, 4) is 0 Å². The van der Waals surface area contributed by atoms with Crippen LogP contribution in [-0.2, 0) is 9.16 Å². The van der Waals surface area contributed by atoms with Crippen molar-refractivity contribution in [1.29, 1.82) is 0 Å². The van der Waals surface area contributed by atoms with Crippen molar-refractivity contribution in [3.63, 3.8) is 0 Å². The zero-order valence-electron chi connectivity index (χ0n) is 15.6. The molecule has 1 fully saturated rings. The zero-order valence-corrected chi connectivity index (χ0v) is 18.7. The van der Waals surface area contributed by atoms with E-state index in [0.717, 1.165) is 4.43 Å². The van der Waals surface area contributed by atoms with E-state index in [9.17, 15) is 5.11 Å². The Bertz CT molecular complexity index is 663. The number of benzene rings is 2. The van der Waals surface area contributed by atoms with Gasteiger partial charge in [-0.05, 0) is 15.4 Å². The minimum Gasteiger partial charge on any atom is -0.399 e. The zero-order chi connectivity index (χ0) is 18.8. The van der Waals surface area contributed by atoms with Crippen LogP contribution in [0, 0.1) is 0 Å². The lowest BCUT2D eigenvalue weighted by Crippen LogP contribution is -2.69. The van der Waals surface area contributed by atoms with E-state index in [1.54, 1.807) is 0 Å². The molecule has 2 aromatic rings. The van der Waals surface area contributed by atoms with Crippen LogP contribution in [0.15, 0.2) is 60.7 Å². The summed E-state index contributed by atoms with van der Waals surface area (Å²) in [7, 11) is -2.66. The van der Waals surface area contributed by atoms with Crippen LogP contribution in [0.5, 0.6) is 0 Å². The molecule has 0 spiro atoms. The Labute approximate surface area is 171 Å². The fraction of sp³-hybridized carbons (Fsp3) is 0.429. The molecule has 0 unspecified atom stereocenters. The number of halogens is 1. The summed E-state index contributed by atoms with van der Waals surface area (Å²) in [4.78, 5) is 0. The highest BCUT2D eigenvalue weighted by Gasteiger charge is 2.54. The Morgan fingerprint density at radius 3 is 1.96 bits per heavy atom. The molecule has 1 aliphatic rings. The van der Waals surface area contributed by atoms with Crippen LogP contribution >= 0.6 is 22.6 Å². The van der Waals surface area contributed by atoms with E-state index in [2.05, 4.69) is 91.9 Å². The molecule has 1 heterocycles. The number of aliphatic hydroxyl groups is 1. The Balaban J connectivity index is 2.18. The average molecular weight is 482 g/mol. The highest BCUT2D eigenvalue weighted by molar-refractivity contribution is 14.1. The molecule has 3 atom stereocenters. The molecule has 0 aliphatic carbocycles. The lowest BCUT2D eigenvalue weighted by Gasteiger charge is -2.45. The van der Waals surface area contributed by atoms with Gasteiger partial charge < -0.3 is 14.3 Å². The topological polar surface area (TPSA) is 38.7 Å². The molecule has 5 heteroatoms. The summed E-state index contributed by atoms with van der Waals surface area (Å²) in [6, 6.07) is 21.1. The van der Waals surface area contributed by atoms with E-state index in [1.165, 1.54) is 10.4 Å². The average Bonchev–Trinajstić information content (AvgIpc) is 2.99. The van der Waals surface area contributed by atoms with E-state index in [1.807, 2.05) is 12.1 Å². The van der Waals surface area contributed by atoms with E-state index in [-0.39, 0.29) is 17.2 Å². The predicted molar refractivity (Wildman–Crippen MR) is 117 cm³/mol. The minimum atomic E-state index is -2.66. The minimum absolute atomic E-state index is 0.0766. The first-order valence-electron chi connectivity index (χ1n) is 9.04. The molecular formula is C21H27IO3Si. The Hall–Kier alpha value is -0.733. The number of alkyl halides is 1. The maximum Gasteiger partial charge on any atom is 0.261 e. The van der Waals surface area contributed by atoms with E-state index in [4.69, 9.17) is 9.16 Å². The quantitative estimate of drug-likeness (QED) is 0.405. The standard InChI is InChI=1S/C21H27IO3Si/c1-21(2,3)26(16-10-6-4-7-11-16,17-12-8-5-9-13-17)25-20-18(23)15-24-19(20)14-22/h4-13,18-20,23H,14-15H2,1-3H3/t18-,19-,20-/m1/s1. The van der Waals surface area contributed by atoms with Gasteiger partial charge in [0.05, 0.1) is 12.7 Å². The lowest BCUT2D eigenvalue weighted by molar-refractivity contribution is 0.0463. The van der Waals surface area contributed by atoms with Gasteiger partial charge in [0, 0.05) is 4.43 Å². The van der Waals surface area contributed by atoms with Crippen molar-refractivity contribution < 1.29 is 14.3 Å². The third-order valence-corrected chi connectivity index (χ3v) is 11.0. The van der Waals surface area contributed by atoms with Crippen molar-refractivity contribution in [1.82, 2.24) is 0 Å². The van der Waals surface area contributed by atoms with Crippen LogP contribution in [0.3, 0.4) is 0 Å². The molecular weight excluding hydrogens is 455 g/mol. The van der Waals surface area contributed by atoms with Gasteiger partial charge in [-0.2, -0.15) is 0 Å². The SMILES string of the molecule is CC(C)(C)[Si](O[C@@H]1[C@H](O)CO[C@@H]1CI)(c1ccccc1)c1ccccc1. The van der Waals surface area contributed by atoms with Gasteiger partial charge in [0.25, 0.3) is 8.32 Å². The van der Waals surface area contributed by atoms with Crippen LogP contribution in [0.4, 0.5) is 0 Å². The fourth-order valence-electron chi connectivity index (χ4n) is 3.84. The van der Waals surface area contributed by atoms with Crippen LogP contribution in [0.1, 0.15) is 20.8 Å².